The lowest BCUT2D eigenvalue weighted by Crippen LogP contribution is -2.21. The van der Waals surface area contributed by atoms with Gasteiger partial charge in [0, 0.05) is 13.1 Å². The van der Waals surface area contributed by atoms with E-state index < -0.39 is 0 Å². The van der Waals surface area contributed by atoms with Crippen LogP contribution in [0.2, 0.25) is 0 Å². The maximum absolute atomic E-state index is 5.88. The molecule has 0 saturated carbocycles. The van der Waals surface area contributed by atoms with Crippen molar-refractivity contribution in [2.45, 2.75) is 13.0 Å². The van der Waals surface area contributed by atoms with Crippen molar-refractivity contribution < 1.29 is 0 Å². The lowest BCUT2D eigenvalue weighted by atomic mass is 10.0. The summed E-state index contributed by atoms with van der Waals surface area (Å²) in [5.74, 6) is 0. The topological polar surface area (TPSA) is 3.24 Å². The Balaban J connectivity index is 2.34. The molecule has 0 amide bonds. The molecule has 0 radical (unpaired) electrons. The van der Waals surface area contributed by atoms with E-state index >= 15 is 0 Å². The zero-order valence-corrected chi connectivity index (χ0v) is 7.01. The van der Waals surface area contributed by atoms with Crippen molar-refractivity contribution in [1.29, 1.82) is 0 Å². The van der Waals surface area contributed by atoms with E-state index in [4.69, 9.17) is 11.8 Å². The number of benzene rings is 1. The third-order valence-electron chi connectivity index (χ3n) is 2.08. The molecule has 1 aromatic rings. The van der Waals surface area contributed by atoms with Gasteiger partial charge in [-0.15, -0.1) is 0 Å². The summed E-state index contributed by atoms with van der Waals surface area (Å²) in [6.07, 6.45) is 1.08. The average molecular weight is 168 g/mol. The van der Waals surface area contributed by atoms with Crippen LogP contribution >= 0.6 is 11.8 Å². The predicted molar refractivity (Wildman–Crippen MR) is 46.4 cm³/mol. The average Bonchev–Trinajstić information content (AvgIpc) is 2.04. The van der Waals surface area contributed by atoms with Gasteiger partial charge in [-0.25, -0.2) is 4.42 Å². The van der Waals surface area contributed by atoms with Crippen molar-refractivity contribution >= 4 is 11.8 Å². The summed E-state index contributed by atoms with van der Waals surface area (Å²) in [4.78, 5) is 0. The van der Waals surface area contributed by atoms with Gasteiger partial charge in [0.2, 0.25) is 0 Å². The van der Waals surface area contributed by atoms with E-state index in [0.29, 0.717) is 0 Å². The number of hydrogen-bond donors (Lipinski definition) is 0. The van der Waals surface area contributed by atoms with Gasteiger partial charge in [-0.3, -0.25) is 0 Å². The van der Waals surface area contributed by atoms with E-state index in [1.807, 2.05) is 4.42 Å². The molecular weight excluding hydrogens is 158 g/mol. The summed E-state index contributed by atoms with van der Waals surface area (Å²) in [7, 11) is 0. The molecular formula is C9H10ClN. The van der Waals surface area contributed by atoms with E-state index in [0.717, 1.165) is 19.5 Å². The Morgan fingerprint density at radius 1 is 1.18 bits per heavy atom. The van der Waals surface area contributed by atoms with Crippen LogP contribution in [-0.4, -0.2) is 11.0 Å². The largest absolute Gasteiger partial charge is 0.215 e. The van der Waals surface area contributed by atoms with Crippen LogP contribution in [0.15, 0.2) is 24.3 Å². The molecule has 58 valence electrons. The van der Waals surface area contributed by atoms with Crippen molar-refractivity contribution in [2.24, 2.45) is 0 Å². The minimum atomic E-state index is 0.887. The first kappa shape index (κ1) is 7.14. The Morgan fingerprint density at radius 2 is 1.91 bits per heavy atom. The van der Waals surface area contributed by atoms with Crippen LogP contribution in [0.5, 0.6) is 0 Å². The Morgan fingerprint density at radius 3 is 2.73 bits per heavy atom. The zero-order chi connectivity index (χ0) is 7.68. The predicted octanol–water partition coefficient (Wildman–Crippen LogP) is 2.20. The van der Waals surface area contributed by atoms with Crippen LogP contribution in [0.25, 0.3) is 0 Å². The van der Waals surface area contributed by atoms with Gasteiger partial charge in [0.15, 0.2) is 0 Å². The van der Waals surface area contributed by atoms with Crippen LogP contribution in [0.3, 0.4) is 0 Å². The van der Waals surface area contributed by atoms with Gasteiger partial charge >= 0.3 is 0 Å². The SMILES string of the molecule is ClN1CCc2ccccc2C1. The van der Waals surface area contributed by atoms with E-state index in [9.17, 15) is 0 Å². The minimum absolute atomic E-state index is 0.887. The summed E-state index contributed by atoms with van der Waals surface area (Å²) in [6, 6.07) is 8.47. The lowest BCUT2D eigenvalue weighted by molar-refractivity contribution is 0.429. The fourth-order valence-electron chi connectivity index (χ4n) is 1.46. The molecule has 1 aliphatic heterocycles. The second-order valence-corrected chi connectivity index (χ2v) is 3.34. The number of fused-ring (bicyclic) bond motifs is 1. The molecule has 0 unspecified atom stereocenters. The van der Waals surface area contributed by atoms with Gasteiger partial charge in [0.05, 0.1) is 0 Å². The lowest BCUT2D eigenvalue weighted by Gasteiger charge is -2.21. The highest BCUT2D eigenvalue weighted by atomic mass is 35.5. The third-order valence-corrected chi connectivity index (χ3v) is 2.37. The molecule has 2 rings (SSSR count). The van der Waals surface area contributed by atoms with Gasteiger partial charge in [-0.1, -0.05) is 24.3 Å². The van der Waals surface area contributed by atoms with E-state index in [1.165, 1.54) is 11.1 Å². The van der Waals surface area contributed by atoms with E-state index in [2.05, 4.69) is 24.3 Å². The molecule has 1 aromatic carbocycles. The minimum Gasteiger partial charge on any atom is -0.215 e. The van der Waals surface area contributed by atoms with Gasteiger partial charge in [0.25, 0.3) is 0 Å². The summed E-state index contributed by atoms with van der Waals surface area (Å²) in [5, 5.41) is 0. The van der Waals surface area contributed by atoms with Gasteiger partial charge in [0.1, 0.15) is 0 Å². The Labute approximate surface area is 71.7 Å². The van der Waals surface area contributed by atoms with Crippen LogP contribution in [-0.2, 0) is 13.0 Å². The molecule has 1 nitrogen and oxygen atoms in total. The summed E-state index contributed by atoms with van der Waals surface area (Å²) >= 11 is 5.88. The fourth-order valence-corrected chi connectivity index (χ4v) is 1.67. The molecule has 0 aliphatic carbocycles. The Kier molecular flexibility index (Phi) is 1.84. The summed E-state index contributed by atoms with van der Waals surface area (Å²) < 4.78 is 1.84. The van der Waals surface area contributed by atoms with Gasteiger partial charge in [-0.05, 0) is 29.3 Å². The summed E-state index contributed by atoms with van der Waals surface area (Å²) in [5.41, 5.74) is 2.82. The first-order valence-electron chi connectivity index (χ1n) is 3.84. The standard InChI is InChI=1S/C9H10ClN/c10-11-6-5-8-3-1-2-4-9(8)7-11/h1-4H,5-7H2. The van der Waals surface area contributed by atoms with Crippen molar-refractivity contribution in [3.63, 3.8) is 0 Å². The number of halogens is 1. The molecule has 0 bridgehead atoms. The second kappa shape index (κ2) is 2.84. The highest BCUT2D eigenvalue weighted by Gasteiger charge is 2.12. The van der Waals surface area contributed by atoms with Crippen LogP contribution < -0.4 is 0 Å². The molecule has 0 N–H and O–H groups in total. The van der Waals surface area contributed by atoms with E-state index in [1.54, 1.807) is 0 Å². The Bertz CT molecular complexity index is 259. The van der Waals surface area contributed by atoms with Gasteiger partial charge in [-0.2, -0.15) is 0 Å². The highest BCUT2D eigenvalue weighted by molar-refractivity contribution is 6.13. The maximum atomic E-state index is 5.88. The first-order valence-corrected chi connectivity index (χ1v) is 4.17. The van der Waals surface area contributed by atoms with Crippen LogP contribution in [0.1, 0.15) is 11.1 Å². The molecule has 2 heteroatoms. The number of rotatable bonds is 0. The molecule has 1 aliphatic rings. The maximum Gasteiger partial charge on any atom is 0.0392 e. The molecule has 0 atom stereocenters. The fraction of sp³-hybridized carbons (Fsp3) is 0.333. The number of hydrogen-bond acceptors (Lipinski definition) is 1. The normalized spacial score (nSPS) is 17.9. The smallest absolute Gasteiger partial charge is 0.0392 e. The van der Waals surface area contributed by atoms with Crippen molar-refractivity contribution in [1.82, 2.24) is 4.42 Å². The third kappa shape index (κ3) is 1.39. The van der Waals surface area contributed by atoms with Crippen molar-refractivity contribution in [2.75, 3.05) is 6.54 Å². The number of nitrogens with zero attached hydrogens (tertiary/aromatic N) is 1. The molecule has 0 spiro atoms. The molecule has 0 aromatic heterocycles. The summed E-state index contributed by atoms with van der Waals surface area (Å²) in [6.45, 7) is 1.86. The van der Waals surface area contributed by atoms with Crippen molar-refractivity contribution in [3.05, 3.63) is 35.4 Å². The molecule has 0 saturated heterocycles. The molecule has 11 heavy (non-hydrogen) atoms. The first-order chi connectivity index (χ1) is 5.36. The van der Waals surface area contributed by atoms with Crippen LogP contribution in [0, 0.1) is 0 Å². The van der Waals surface area contributed by atoms with Crippen LogP contribution in [0.4, 0.5) is 0 Å². The van der Waals surface area contributed by atoms with Gasteiger partial charge < -0.3 is 0 Å². The van der Waals surface area contributed by atoms with Crippen molar-refractivity contribution in [3.8, 4) is 0 Å². The Hall–Kier alpha value is -0.530. The molecule has 1 heterocycles. The molecule has 0 fully saturated rings. The quantitative estimate of drug-likeness (QED) is 0.536. The van der Waals surface area contributed by atoms with E-state index in [-0.39, 0.29) is 0 Å². The second-order valence-electron chi connectivity index (χ2n) is 2.86. The zero-order valence-electron chi connectivity index (χ0n) is 6.26. The monoisotopic (exact) mass is 167 g/mol. The highest BCUT2D eigenvalue weighted by Crippen LogP contribution is 2.18.